The van der Waals surface area contributed by atoms with Crippen molar-refractivity contribution in [1.82, 2.24) is 9.21 Å². The highest BCUT2D eigenvalue weighted by Gasteiger charge is 2.30. The number of nitrogens with zero attached hydrogens (tertiary/aromatic N) is 2. The minimum atomic E-state index is -3.80. The number of carbonyl (C=O) groups excluding carboxylic acids is 1. The molecule has 6 nitrogen and oxygen atoms in total. The van der Waals surface area contributed by atoms with Crippen molar-refractivity contribution in [3.63, 3.8) is 0 Å². The molecule has 0 spiro atoms. The zero-order valence-electron chi connectivity index (χ0n) is 15.7. The molecule has 2 aromatic carbocycles. The van der Waals surface area contributed by atoms with E-state index in [1.54, 1.807) is 18.1 Å². The van der Waals surface area contributed by atoms with E-state index in [1.807, 2.05) is 24.3 Å². The second kappa shape index (κ2) is 8.94. The quantitative estimate of drug-likeness (QED) is 0.673. The number of halogens is 2. The number of methoxy groups -OCH3 is 1. The molecule has 1 fully saturated rings. The van der Waals surface area contributed by atoms with Crippen LogP contribution in [-0.2, 0) is 14.8 Å². The fraction of sp³-hybridized carbons (Fsp3) is 0.250. The van der Waals surface area contributed by atoms with Crippen molar-refractivity contribution < 1.29 is 22.3 Å². The molecule has 0 bridgehead atoms. The summed E-state index contributed by atoms with van der Waals surface area (Å²) in [5, 5.41) is -0.248. The first-order valence-electron chi connectivity index (χ1n) is 8.87. The summed E-state index contributed by atoms with van der Waals surface area (Å²) in [5.74, 6) is -0.183. The predicted molar refractivity (Wildman–Crippen MR) is 109 cm³/mol. The third kappa shape index (κ3) is 4.95. The van der Waals surface area contributed by atoms with Gasteiger partial charge in [0.2, 0.25) is 15.9 Å². The van der Waals surface area contributed by atoms with Gasteiger partial charge in [-0.2, -0.15) is 4.31 Å². The Morgan fingerprint density at radius 1 is 1.14 bits per heavy atom. The van der Waals surface area contributed by atoms with Crippen molar-refractivity contribution in [2.75, 3.05) is 33.3 Å². The van der Waals surface area contributed by atoms with E-state index in [0.29, 0.717) is 5.75 Å². The molecule has 1 aliphatic rings. The number of ether oxygens (including phenoxy) is 1. The van der Waals surface area contributed by atoms with Crippen molar-refractivity contribution in [3.05, 3.63) is 64.9 Å². The van der Waals surface area contributed by atoms with Crippen molar-refractivity contribution in [2.45, 2.75) is 4.90 Å². The Hall–Kier alpha value is -2.42. The Kier molecular flexibility index (Phi) is 6.56. The second-order valence-electron chi connectivity index (χ2n) is 6.42. The third-order valence-corrected chi connectivity index (χ3v) is 6.78. The van der Waals surface area contributed by atoms with E-state index < -0.39 is 15.8 Å². The summed E-state index contributed by atoms with van der Waals surface area (Å²) < 4.78 is 45.2. The summed E-state index contributed by atoms with van der Waals surface area (Å²) in [4.78, 5) is 13.9. The number of amides is 1. The van der Waals surface area contributed by atoms with E-state index in [-0.39, 0.29) is 42.0 Å². The van der Waals surface area contributed by atoms with E-state index in [4.69, 9.17) is 16.3 Å². The summed E-state index contributed by atoms with van der Waals surface area (Å²) in [6, 6.07) is 10.6. The highest BCUT2D eigenvalue weighted by atomic mass is 35.5. The van der Waals surface area contributed by atoms with Crippen LogP contribution in [0.5, 0.6) is 5.75 Å². The van der Waals surface area contributed by atoms with Crippen LogP contribution in [0.15, 0.2) is 53.4 Å². The molecule has 1 heterocycles. The minimum Gasteiger partial charge on any atom is -0.497 e. The smallest absolute Gasteiger partial charge is 0.246 e. The maximum absolute atomic E-state index is 13.3. The molecule has 1 aliphatic heterocycles. The number of hydrogen-bond acceptors (Lipinski definition) is 4. The molecule has 9 heteroatoms. The number of carbonyl (C=O) groups is 1. The average molecular weight is 439 g/mol. The summed E-state index contributed by atoms with van der Waals surface area (Å²) in [7, 11) is -2.23. The Labute approximate surface area is 174 Å². The minimum absolute atomic E-state index is 0.0680. The van der Waals surface area contributed by atoms with Crippen LogP contribution in [0.2, 0.25) is 5.02 Å². The monoisotopic (exact) mass is 438 g/mol. The molecule has 0 atom stereocenters. The Bertz CT molecular complexity index is 1030. The SMILES string of the molecule is COc1cccc(/C=C/C(=O)N2CCN(S(=O)(=O)c3ccc(F)c(Cl)c3)CC2)c1. The number of hydrogen-bond donors (Lipinski definition) is 0. The van der Waals surface area contributed by atoms with Crippen molar-refractivity contribution in [3.8, 4) is 5.75 Å². The first-order chi connectivity index (χ1) is 13.8. The van der Waals surface area contributed by atoms with E-state index in [2.05, 4.69) is 0 Å². The molecule has 0 unspecified atom stereocenters. The number of piperazine rings is 1. The Morgan fingerprint density at radius 3 is 2.52 bits per heavy atom. The topological polar surface area (TPSA) is 66.9 Å². The standard InChI is InChI=1S/C20H20ClFN2O4S/c1-28-16-4-2-3-15(13-16)5-8-20(25)23-9-11-24(12-10-23)29(26,27)17-6-7-19(22)18(21)14-17/h2-8,13-14H,9-12H2,1H3/b8-5+. The van der Waals surface area contributed by atoms with Crippen molar-refractivity contribution in [2.24, 2.45) is 0 Å². The van der Waals surface area contributed by atoms with Gasteiger partial charge in [0.25, 0.3) is 0 Å². The van der Waals surface area contributed by atoms with Crippen molar-refractivity contribution in [1.29, 1.82) is 0 Å². The number of rotatable bonds is 5. The van der Waals surface area contributed by atoms with Gasteiger partial charge < -0.3 is 9.64 Å². The van der Waals surface area contributed by atoms with E-state index in [1.165, 1.54) is 16.4 Å². The zero-order chi connectivity index (χ0) is 21.0. The first kappa shape index (κ1) is 21.3. The van der Waals surface area contributed by atoms with Crippen LogP contribution in [0.25, 0.3) is 6.08 Å². The number of benzene rings is 2. The van der Waals surface area contributed by atoms with Gasteiger partial charge in [0.05, 0.1) is 17.0 Å². The fourth-order valence-corrected chi connectivity index (χ4v) is 4.65. The Morgan fingerprint density at radius 2 is 1.86 bits per heavy atom. The van der Waals surface area contributed by atoms with Crippen LogP contribution in [0.1, 0.15) is 5.56 Å². The lowest BCUT2D eigenvalue weighted by molar-refractivity contribution is -0.127. The van der Waals surface area contributed by atoms with Gasteiger partial charge in [-0.25, -0.2) is 12.8 Å². The van der Waals surface area contributed by atoms with Gasteiger partial charge in [-0.3, -0.25) is 4.79 Å². The van der Waals surface area contributed by atoms with Crippen LogP contribution in [0, 0.1) is 5.82 Å². The molecule has 0 aromatic heterocycles. The lowest BCUT2D eigenvalue weighted by Gasteiger charge is -2.33. The molecule has 1 saturated heterocycles. The molecule has 0 radical (unpaired) electrons. The summed E-state index contributed by atoms with van der Waals surface area (Å²) in [6.45, 7) is 0.816. The molecule has 2 aromatic rings. The highest BCUT2D eigenvalue weighted by Crippen LogP contribution is 2.23. The van der Waals surface area contributed by atoms with Gasteiger partial charge in [0.1, 0.15) is 11.6 Å². The molecule has 29 heavy (non-hydrogen) atoms. The first-order valence-corrected chi connectivity index (χ1v) is 10.7. The maximum atomic E-state index is 13.3. The molecule has 0 aliphatic carbocycles. The third-order valence-electron chi connectivity index (χ3n) is 4.59. The zero-order valence-corrected chi connectivity index (χ0v) is 17.3. The Balaban J connectivity index is 1.62. The predicted octanol–water partition coefficient (Wildman–Crippen LogP) is 3.03. The van der Waals surface area contributed by atoms with E-state index in [0.717, 1.165) is 17.7 Å². The molecular formula is C20H20ClFN2O4S. The van der Waals surface area contributed by atoms with Crippen LogP contribution >= 0.6 is 11.6 Å². The number of sulfonamides is 1. The largest absolute Gasteiger partial charge is 0.497 e. The lowest BCUT2D eigenvalue weighted by Crippen LogP contribution is -2.50. The lowest BCUT2D eigenvalue weighted by atomic mass is 10.2. The molecular weight excluding hydrogens is 419 g/mol. The van der Waals surface area contributed by atoms with Gasteiger partial charge in [-0.05, 0) is 42.0 Å². The average Bonchev–Trinajstić information content (AvgIpc) is 2.74. The molecule has 3 rings (SSSR count). The normalized spacial score (nSPS) is 15.6. The maximum Gasteiger partial charge on any atom is 0.246 e. The summed E-state index contributed by atoms with van der Waals surface area (Å²) in [6.07, 6.45) is 3.15. The van der Waals surface area contributed by atoms with Gasteiger partial charge in [0, 0.05) is 32.3 Å². The van der Waals surface area contributed by atoms with Crippen LogP contribution in [-0.4, -0.2) is 56.8 Å². The van der Waals surface area contributed by atoms with E-state index >= 15 is 0 Å². The van der Waals surface area contributed by atoms with Crippen LogP contribution < -0.4 is 4.74 Å². The molecule has 0 saturated carbocycles. The summed E-state index contributed by atoms with van der Waals surface area (Å²) in [5.41, 5.74) is 0.826. The van der Waals surface area contributed by atoms with Crippen LogP contribution in [0.4, 0.5) is 4.39 Å². The van der Waals surface area contributed by atoms with Gasteiger partial charge >= 0.3 is 0 Å². The highest BCUT2D eigenvalue weighted by molar-refractivity contribution is 7.89. The second-order valence-corrected chi connectivity index (χ2v) is 8.76. The van der Waals surface area contributed by atoms with Crippen molar-refractivity contribution >= 4 is 33.6 Å². The van der Waals surface area contributed by atoms with E-state index in [9.17, 15) is 17.6 Å². The van der Waals surface area contributed by atoms with Gasteiger partial charge in [-0.1, -0.05) is 23.7 Å². The molecule has 154 valence electrons. The fourth-order valence-electron chi connectivity index (χ4n) is 2.95. The van der Waals surface area contributed by atoms with Gasteiger partial charge in [0.15, 0.2) is 0 Å². The van der Waals surface area contributed by atoms with Gasteiger partial charge in [-0.15, -0.1) is 0 Å². The molecule has 0 N–H and O–H groups in total. The molecule has 1 amide bonds. The summed E-state index contributed by atoms with van der Waals surface area (Å²) >= 11 is 5.70. The van der Waals surface area contributed by atoms with Crippen LogP contribution in [0.3, 0.4) is 0 Å².